The minimum absolute atomic E-state index is 0.174. The van der Waals surface area contributed by atoms with Crippen molar-refractivity contribution in [3.05, 3.63) is 29.8 Å². The van der Waals surface area contributed by atoms with Gasteiger partial charge >= 0.3 is 6.03 Å². The van der Waals surface area contributed by atoms with Crippen molar-refractivity contribution >= 4 is 6.03 Å². The number of benzene rings is 1. The third-order valence-electron chi connectivity index (χ3n) is 2.71. The van der Waals surface area contributed by atoms with Gasteiger partial charge in [0.15, 0.2) is 0 Å². The molecule has 2 amide bonds. The summed E-state index contributed by atoms with van der Waals surface area (Å²) in [6.45, 7) is 5.54. The molecule has 0 bridgehead atoms. The fraction of sp³-hybridized carbons (Fsp3) is 0.533. The molecule has 1 aromatic rings. The first kappa shape index (κ1) is 16.3. The molecule has 112 valence electrons. The summed E-state index contributed by atoms with van der Waals surface area (Å²) in [5, 5.41) is 5.56. The molecule has 0 aliphatic heterocycles. The van der Waals surface area contributed by atoms with Crippen LogP contribution < -0.4 is 15.4 Å². The average molecular weight is 280 g/mol. The zero-order chi connectivity index (χ0) is 14.8. The van der Waals surface area contributed by atoms with Gasteiger partial charge in [0.2, 0.25) is 0 Å². The molecule has 2 N–H and O–H groups in total. The van der Waals surface area contributed by atoms with E-state index in [4.69, 9.17) is 9.47 Å². The van der Waals surface area contributed by atoms with Crippen LogP contribution in [0.4, 0.5) is 4.79 Å². The molecule has 5 heteroatoms. The van der Waals surface area contributed by atoms with Crippen LogP contribution in [-0.4, -0.2) is 38.9 Å². The second-order valence-corrected chi connectivity index (χ2v) is 4.66. The molecule has 0 aliphatic carbocycles. The fourth-order valence-electron chi connectivity index (χ4n) is 1.74. The molecule has 1 rings (SSSR count). The van der Waals surface area contributed by atoms with Gasteiger partial charge in [0.1, 0.15) is 5.75 Å². The van der Waals surface area contributed by atoms with Crippen LogP contribution >= 0.6 is 0 Å². The number of para-hydroxylation sites is 1. The lowest BCUT2D eigenvalue weighted by atomic mass is 10.1. The lowest BCUT2D eigenvalue weighted by Gasteiger charge is -2.11. The van der Waals surface area contributed by atoms with Crippen LogP contribution in [0.3, 0.4) is 0 Å². The number of rotatable bonds is 8. The van der Waals surface area contributed by atoms with Gasteiger partial charge < -0.3 is 20.1 Å². The molecule has 0 aliphatic rings. The Hall–Kier alpha value is -1.75. The Morgan fingerprint density at radius 2 is 1.90 bits per heavy atom. The molecular formula is C15H24N2O3. The van der Waals surface area contributed by atoms with Crippen molar-refractivity contribution in [3.8, 4) is 5.75 Å². The molecule has 1 aromatic carbocycles. The van der Waals surface area contributed by atoms with E-state index in [1.807, 2.05) is 38.1 Å². The second kappa shape index (κ2) is 9.20. The zero-order valence-corrected chi connectivity index (χ0v) is 12.4. The Kier molecular flexibility index (Phi) is 7.50. The second-order valence-electron chi connectivity index (χ2n) is 4.66. The highest BCUT2D eigenvalue weighted by atomic mass is 16.5. The largest absolute Gasteiger partial charge is 0.496 e. The van der Waals surface area contributed by atoms with Gasteiger partial charge in [-0.25, -0.2) is 4.79 Å². The Labute approximate surface area is 120 Å². The molecule has 0 unspecified atom stereocenters. The maximum Gasteiger partial charge on any atom is 0.314 e. The lowest BCUT2D eigenvalue weighted by molar-refractivity contribution is 0.0818. The number of amides is 2. The topological polar surface area (TPSA) is 59.6 Å². The molecule has 0 spiro atoms. The van der Waals surface area contributed by atoms with E-state index >= 15 is 0 Å². The van der Waals surface area contributed by atoms with E-state index < -0.39 is 0 Å². The van der Waals surface area contributed by atoms with Gasteiger partial charge in [-0.2, -0.15) is 0 Å². The van der Waals surface area contributed by atoms with Gasteiger partial charge in [-0.05, 0) is 31.9 Å². The predicted molar refractivity (Wildman–Crippen MR) is 79.2 cm³/mol. The molecule has 0 saturated carbocycles. The summed E-state index contributed by atoms with van der Waals surface area (Å²) in [7, 11) is 1.65. The predicted octanol–water partition coefficient (Wildman–Crippen LogP) is 1.96. The van der Waals surface area contributed by atoms with Crippen molar-refractivity contribution in [3.63, 3.8) is 0 Å². The number of hydrogen-bond donors (Lipinski definition) is 2. The third-order valence-corrected chi connectivity index (χ3v) is 2.71. The van der Waals surface area contributed by atoms with Crippen LogP contribution in [0.1, 0.15) is 19.4 Å². The van der Waals surface area contributed by atoms with Crippen molar-refractivity contribution < 1.29 is 14.3 Å². The van der Waals surface area contributed by atoms with E-state index in [0.717, 1.165) is 17.7 Å². The van der Waals surface area contributed by atoms with Gasteiger partial charge in [0.25, 0.3) is 0 Å². The van der Waals surface area contributed by atoms with Crippen molar-refractivity contribution in [2.75, 3.05) is 26.8 Å². The first-order valence-electron chi connectivity index (χ1n) is 6.88. The Morgan fingerprint density at radius 3 is 2.60 bits per heavy atom. The zero-order valence-electron chi connectivity index (χ0n) is 12.4. The number of methoxy groups -OCH3 is 1. The summed E-state index contributed by atoms with van der Waals surface area (Å²) in [5.41, 5.74) is 1.08. The van der Waals surface area contributed by atoms with Crippen molar-refractivity contribution in [2.24, 2.45) is 0 Å². The van der Waals surface area contributed by atoms with Gasteiger partial charge in [0, 0.05) is 13.1 Å². The maximum atomic E-state index is 11.5. The molecule has 0 saturated heterocycles. The molecular weight excluding hydrogens is 256 g/mol. The summed E-state index contributed by atoms with van der Waals surface area (Å²) in [6, 6.07) is 7.62. The Morgan fingerprint density at radius 1 is 1.20 bits per heavy atom. The number of nitrogens with one attached hydrogen (secondary N) is 2. The van der Waals surface area contributed by atoms with Gasteiger partial charge in [-0.3, -0.25) is 0 Å². The molecule has 0 atom stereocenters. The lowest BCUT2D eigenvalue weighted by Crippen LogP contribution is -2.38. The summed E-state index contributed by atoms with van der Waals surface area (Å²) in [4.78, 5) is 11.5. The summed E-state index contributed by atoms with van der Waals surface area (Å²) < 4.78 is 10.6. The van der Waals surface area contributed by atoms with E-state index in [2.05, 4.69) is 10.6 Å². The number of urea groups is 1. The van der Waals surface area contributed by atoms with E-state index in [-0.39, 0.29) is 12.1 Å². The first-order valence-corrected chi connectivity index (χ1v) is 6.88. The molecule has 5 nitrogen and oxygen atoms in total. The number of ether oxygens (including phenoxy) is 2. The summed E-state index contributed by atoms with van der Waals surface area (Å²) in [5.74, 6) is 0.847. The van der Waals surface area contributed by atoms with Gasteiger partial charge in [-0.15, -0.1) is 0 Å². The van der Waals surface area contributed by atoms with E-state index in [1.54, 1.807) is 7.11 Å². The number of carbonyl (C=O) groups excluding carboxylic acids is 1. The van der Waals surface area contributed by atoms with Crippen LogP contribution in [0, 0.1) is 0 Å². The molecule has 0 fully saturated rings. The normalized spacial score (nSPS) is 10.4. The molecule has 0 aromatic heterocycles. The van der Waals surface area contributed by atoms with E-state index in [9.17, 15) is 4.79 Å². The Balaban J connectivity index is 2.18. The average Bonchev–Trinajstić information content (AvgIpc) is 2.44. The van der Waals surface area contributed by atoms with E-state index in [0.29, 0.717) is 19.7 Å². The number of hydrogen-bond acceptors (Lipinski definition) is 3. The third kappa shape index (κ3) is 6.43. The highest BCUT2D eigenvalue weighted by Crippen LogP contribution is 2.17. The van der Waals surface area contributed by atoms with Gasteiger partial charge in [0.05, 0.1) is 19.8 Å². The fourth-order valence-corrected chi connectivity index (χ4v) is 1.74. The SMILES string of the molecule is COc1ccccc1CCNC(=O)NCCOC(C)C. The van der Waals surface area contributed by atoms with E-state index in [1.165, 1.54) is 0 Å². The monoisotopic (exact) mass is 280 g/mol. The Bertz CT molecular complexity index is 408. The van der Waals surface area contributed by atoms with Crippen molar-refractivity contribution in [2.45, 2.75) is 26.4 Å². The molecule has 20 heavy (non-hydrogen) atoms. The van der Waals surface area contributed by atoms with Crippen molar-refractivity contribution in [1.29, 1.82) is 0 Å². The highest BCUT2D eigenvalue weighted by molar-refractivity contribution is 5.73. The molecule has 0 radical (unpaired) electrons. The summed E-state index contributed by atoms with van der Waals surface area (Å²) >= 11 is 0. The van der Waals surface area contributed by atoms with Gasteiger partial charge in [-0.1, -0.05) is 18.2 Å². The van der Waals surface area contributed by atoms with Crippen LogP contribution in [0.5, 0.6) is 5.75 Å². The quantitative estimate of drug-likeness (QED) is 0.716. The minimum atomic E-state index is -0.174. The minimum Gasteiger partial charge on any atom is -0.496 e. The first-order chi connectivity index (χ1) is 9.63. The smallest absolute Gasteiger partial charge is 0.314 e. The maximum absolute atomic E-state index is 11.5. The summed E-state index contributed by atoms with van der Waals surface area (Å²) in [6.07, 6.45) is 0.922. The molecule has 0 heterocycles. The highest BCUT2D eigenvalue weighted by Gasteiger charge is 2.03. The number of carbonyl (C=O) groups is 1. The van der Waals surface area contributed by atoms with Crippen LogP contribution in [0.2, 0.25) is 0 Å². The standard InChI is InChI=1S/C15H24N2O3/c1-12(2)20-11-10-17-15(18)16-9-8-13-6-4-5-7-14(13)19-3/h4-7,12H,8-11H2,1-3H3,(H2,16,17,18). The van der Waals surface area contributed by atoms with Crippen LogP contribution in [-0.2, 0) is 11.2 Å². The van der Waals surface area contributed by atoms with Crippen LogP contribution in [0.25, 0.3) is 0 Å². The van der Waals surface area contributed by atoms with Crippen molar-refractivity contribution in [1.82, 2.24) is 10.6 Å². The van der Waals surface area contributed by atoms with Crippen LogP contribution in [0.15, 0.2) is 24.3 Å².